The number of alkyl halides is 2. The van der Waals surface area contributed by atoms with Crippen LogP contribution in [-0.4, -0.2) is 18.1 Å². The highest BCUT2D eigenvalue weighted by molar-refractivity contribution is 14.1. The van der Waals surface area contributed by atoms with Crippen LogP contribution in [0.1, 0.15) is 17.6 Å². The average molecular weight is 453 g/mol. The normalized spacial score (nSPS) is 10.6. The first-order valence-corrected chi connectivity index (χ1v) is 6.30. The molecule has 0 fully saturated rings. The van der Waals surface area contributed by atoms with Crippen LogP contribution in [0, 0.1) is 7.27 Å². The molecule has 16 heavy (non-hydrogen) atoms. The van der Waals surface area contributed by atoms with Crippen molar-refractivity contribution in [2.75, 3.05) is 7.11 Å². The zero-order chi connectivity index (χ0) is 12.3. The first-order chi connectivity index (χ1) is 7.47. The Morgan fingerprint density at radius 3 is 2.69 bits per heavy atom. The highest BCUT2D eigenvalue weighted by atomic mass is 127. The highest BCUT2D eigenvalue weighted by Crippen LogP contribution is 2.30. The molecular weight excluding hydrogens is 446 g/mol. The standard InChI is InChI=1S/C9H7F2I2NO2/c1-16-5(15)2-4-3-14-9(13)7(12)6(4)8(10)11/h3,8H,2H2,1H3. The summed E-state index contributed by atoms with van der Waals surface area (Å²) in [5.41, 5.74) is 0.0806. The van der Waals surface area contributed by atoms with Crippen molar-refractivity contribution >= 4 is 51.2 Å². The Morgan fingerprint density at radius 2 is 2.19 bits per heavy atom. The van der Waals surface area contributed by atoms with Crippen molar-refractivity contribution in [3.63, 3.8) is 0 Å². The van der Waals surface area contributed by atoms with Crippen LogP contribution in [0.4, 0.5) is 8.78 Å². The Balaban J connectivity index is 3.18. The van der Waals surface area contributed by atoms with E-state index in [4.69, 9.17) is 0 Å². The van der Waals surface area contributed by atoms with Crippen LogP contribution in [0.25, 0.3) is 0 Å². The summed E-state index contributed by atoms with van der Waals surface area (Å²) in [7, 11) is 1.22. The second-order valence-corrected chi connectivity index (χ2v) is 4.96. The third-order valence-corrected chi connectivity index (χ3v) is 4.82. The first kappa shape index (κ1) is 14.0. The molecular formula is C9H7F2I2NO2. The van der Waals surface area contributed by atoms with Crippen molar-refractivity contribution in [2.45, 2.75) is 12.8 Å². The summed E-state index contributed by atoms with van der Waals surface area (Å²) in [5.74, 6) is -0.555. The van der Waals surface area contributed by atoms with E-state index in [2.05, 4.69) is 9.72 Å². The molecule has 1 rings (SSSR count). The number of ether oxygens (including phenoxy) is 1. The van der Waals surface area contributed by atoms with E-state index >= 15 is 0 Å². The number of rotatable bonds is 3. The van der Waals surface area contributed by atoms with Gasteiger partial charge in [0.2, 0.25) is 0 Å². The van der Waals surface area contributed by atoms with Gasteiger partial charge in [0.15, 0.2) is 0 Å². The molecule has 0 N–H and O–H groups in total. The number of aromatic nitrogens is 1. The lowest BCUT2D eigenvalue weighted by atomic mass is 10.1. The molecule has 0 spiro atoms. The van der Waals surface area contributed by atoms with Crippen molar-refractivity contribution in [2.24, 2.45) is 0 Å². The molecule has 0 saturated heterocycles. The van der Waals surface area contributed by atoms with Gasteiger partial charge >= 0.3 is 5.97 Å². The third kappa shape index (κ3) is 3.22. The maximum Gasteiger partial charge on any atom is 0.310 e. The van der Waals surface area contributed by atoms with Gasteiger partial charge in [-0.05, 0) is 50.7 Å². The number of carbonyl (C=O) groups is 1. The summed E-state index contributed by atoms with van der Waals surface area (Å²) < 4.78 is 31.0. The second kappa shape index (κ2) is 6.03. The molecule has 1 heterocycles. The minimum absolute atomic E-state index is 0.134. The highest BCUT2D eigenvalue weighted by Gasteiger charge is 2.21. The first-order valence-electron chi connectivity index (χ1n) is 4.15. The third-order valence-electron chi connectivity index (χ3n) is 1.88. The SMILES string of the molecule is COC(=O)Cc1cnc(I)c(I)c1C(F)F. The van der Waals surface area contributed by atoms with E-state index in [1.165, 1.54) is 13.3 Å². The predicted octanol–water partition coefficient (Wildman–Crippen LogP) is 2.94. The fraction of sp³-hybridized carbons (Fsp3) is 0.333. The summed E-state index contributed by atoms with van der Waals surface area (Å²) in [5, 5.41) is 0. The molecule has 0 aliphatic heterocycles. The van der Waals surface area contributed by atoms with Gasteiger partial charge in [0.1, 0.15) is 3.70 Å². The molecule has 0 atom stereocenters. The number of carbonyl (C=O) groups excluding carboxylic acids is 1. The van der Waals surface area contributed by atoms with Gasteiger partial charge in [0.25, 0.3) is 6.43 Å². The lowest BCUT2D eigenvalue weighted by molar-refractivity contribution is -0.139. The Hall–Kier alpha value is -0.0600. The quantitative estimate of drug-likeness (QED) is 0.402. The van der Waals surface area contributed by atoms with Crippen molar-refractivity contribution in [3.05, 3.63) is 24.6 Å². The zero-order valence-electron chi connectivity index (χ0n) is 8.14. The van der Waals surface area contributed by atoms with Crippen LogP contribution in [0.2, 0.25) is 0 Å². The fourth-order valence-electron chi connectivity index (χ4n) is 1.12. The predicted molar refractivity (Wildman–Crippen MR) is 70.3 cm³/mol. The van der Waals surface area contributed by atoms with E-state index in [0.29, 0.717) is 7.27 Å². The van der Waals surface area contributed by atoms with Crippen LogP contribution >= 0.6 is 45.2 Å². The zero-order valence-corrected chi connectivity index (χ0v) is 12.5. The van der Waals surface area contributed by atoms with Crippen molar-refractivity contribution in [3.8, 4) is 0 Å². The molecule has 0 saturated carbocycles. The molecule has 0 unspecified atom stereocenters. The molecule has 0 bridgehead atoms. The van der Waals surface area contributed by atoms with Crippen LogP contribution in [0.3, 0.4) is 0 Å². The van der Waals surface area contributed by atoms with E-state index in [-0.39, 0.29) is 17.5 Å². The van der Waals surface area contributed by atoms with Gasteiger partial charge in [-0.1, -0.05) is 0 Å². The maximum absolute atomic E-state index is 12.8. The van der Waals surface area contributed by atoms with E-state index in [0.717, 1.165) is 0 Å². The summed E-state index contributed by atoms with van der Waals surface area (Å²) in [6.07, 6.45) is -1.51. The molecule has 3 nitrogen and oxygen atoms in total. The number of esters is 1. The number of pyridine rings is 1. The molecule has 7 heteroatoms. The summed E-state index contributed by atoms with van der Waals surface area (Å²) in [4.78, 5) is 15.0. The molecule has 1 aromatic rings. The minimum atomic E-state index is -2.62. The largest absolute Gasteiger partial charge is 0.469 e. The van der Waals surface area contributed by atoms with Crippen LogP contribution in [0.15, 0.2) is 6.20 Å². The number of hydrogen-bond acceptors (Lipinski definition) is 3. The molecule has 0 amide bonds. The number of methoxy groups -OCH3 is 1. The number of hydrogen-bond donors (Lipinski definition) is 0. The van der Waals surface area contributed by atoms with Gasteiger partial charge in [-0.15, -0.1) is 0 Å². The van der Waals surface area contributed by atoms with Crippen LogP contribution in [-0.2, 0) is 16.0 Å². The van der Waals surface area contributed by atoms with Gasteiger partial charge in [-0.2, -0.15) is 0 Å². The van der Waals surface area contributed by atoms with E-state index < -0.39 is 12.4 Å². The topological polar surface area (TPSA) is 39.2 Å². The maximum atomic E-state index is 12.8. The monoisotopic (exact) mass is 453 g/mol. The van der Waals surface area contributed by atoms with Gasteiger partial charge in [0.05, 0.1) is 17.1 Å². The Morgan fingerprint density at radius 1 is 1.56 bits per heavy atom. The van der Waals surface area contributed by atoms with Gasteiger partial charge in [-0.3, -0.25) is 4.79 Å². The molecule has 0 aromatic carbocycles. The van der Waals surface area contributed by atoms with Crippen molar-refractivity contribution in [1.82, 2.24) is 4.98 Å². The summed E-state index contributed by atoms with van der Waals surface area (Å²) >= 11 is 3.68. The molecule has 1 aromatic heterocycles. The van der Waals surface area contributed by atoms with Crippen LogP contribution < -0.4 is 0 Å². The summed E-state index contributed by atoms with van der Waals surface area (Å²) in [6.45, 7) is 0. The van der Waals surface area contributed by atoms with E-state index in [9.17, 15) is 13.6 Å². The van der Waals surface area contributed by atoms with Gasteiger partial charge in [0, 0.05) is 11.8 Å². The lowest BCUT2D eigenvalue weighted by Gasteiger charge is -2.10. The fourth-order valence-corrected chi connectivity index (χ4v) is 2.27. The Labute approximate surface area is 118 Å². The van der Waals surface area contributed by atoms with Crippen LogP contribution in [0.5, 0.6) is 0 Å². The molecule has 0 radical (unpaired) electrons. The van der Waals surface area contributed by atoms with Gasteiger partial charge < -0.3 is 4.74 Å². The van der Waals surface area contributed by atoms with E-state index in [1.54, 1.807) is 22.6 Å². The average Bonchev–Trinajstić information content (AvgIpc) is 2.23. The molecule has 88 valence electrons. The van der Waals surface area contributed by atoms with Crippen molar-refractivity contribution in [1.29, 1.82) is 0 Å². The molecule has 0 aliphatic rings. The Bertz CT molecular complexity index is 413. The van der Waals surface area contributed by atoms with Gasteiger partial charge in [-0.25, -0.2) is 13.8 Å². The number of halogens is 4. The summed E-state index contributed by atoms with van der Waals surface area (Å²) in [6, 6.07) is 0. The minimum Gasteiger partial charge on any atom is -0.469 e. The smallest absolute Gasteiger partial charge is 0.310 e. The molecule has 0 aliphatic carbocycles. The number of nitrogens with zero attached hydrogens (tertiary/aromatic N) is 1. The second-order valence-electron chi connectivity index (χ2n) is 2.86. The lowest BCUT2D eigenvalue weighted by Crippen LogP contribution is -2.10. The van der Waals surface area contributed by atoms with Crippen molar-refractivity contribution < 1.29 is 18.3 Å². The van der Waals surface area contributed by atoms with E-state index in [1.807, 2.05) is 22.6 Å². The Kier molecular flexibility index (Phi) is 5.28.